The van der Waals surface area contributed by atoms with Gasteiger partial charge in [0.25, 0.3) is 0 Å². The molecule has 1 saturated heterocycles. The topological polar surface area (TPSA) is 99.2 Å². The molecule has 2 aromatic carbocycles. The van der Waals surface area contributed by atoms with Gasteiger partial charge in [-0.1, -0.05) is 30.3 Å². The molecule has 0 radical (unpaired) electrons. The number of piperidine rings is 1. The number of rotatable bonds is 8. The van der Waals surface area contributed by atoms with Gasteiger partial charge in [0.15, 0.2) is 17.3 Å². The van der Waals surface area contributed by atoms with Crippen molar-refractivity contribution in [2.75, 3.05) is 32.9 Å². The molecule has 0 aliphatic carbocycles. The minimum atomic E-state index is -3.69. The van der Waals surface area contributed by atoms with Crippen LogP contribution in [0, 0.1) is 5.92 Å². The maximum atomic E-state index is 13.0. The third-order valence-corrected chi connectivity index (χ3v) is 7.72. The third kappa shape index (κ3) is 5.54. The molecule has 0 spiro atoms. The van der Waals surface area contributed by atoms with E-state index in [4.69, 9.17) is 14.2 Å². The molecular formula is C24H27NO7S. The molecule has 33 heavy (non-hydrogen) atoms. The van der Waals surface area contributed by atoms with Gasteiger partial charge in [0.1, 0.15) is 13.2 Å². The fraction of sp³-hybridized carbons (Fsp3) is 0.417. The van der Waals surface area contributed by atoms with Crippen LogP contribution < -0.4 is 9.47 Å². The minimum absolute atomic E-state index is 0.0179. The van der Waals surface area contributed by atoms with Crippen LogP contribution in [0.3, 0.4) is 0 Å². The van der Waals surface area contributed by atoms with Crippen LogP contribution in [0.2, 0.25) is 0 Å². The average molecular weight is 474 g/mol. The van der Waals surface area contributed by atoms with Crippen molar-refractivity contribution in [1.82, 2.24) is 4.31 Å². The summed E-state index contributed by atoms with van der Waals surface area (Å²) >= 11 is 0. The van der Waals surface area contributed by atoms with E-state index in [0.717, 1.165) is 0 Å². The summed E-state index contributed by atoms with van der Waals surface area (Å²) in [6, 6.07) is 13.6. The van der Waals surface area contributed by atoms with Crippen molar-refractivity contribution in [3.63, 3.8) is 0 Å². The lowest BCUT2D eigenvalue weighted by molar-refractivity contribution is -0.149. The molecule has 0 bridgehead atoms. The van der Waals surface area contributed by atoms with E-state index >= 15 is 0 Å². The standard InChI is InChI=1S/C24H27NO7S/c26-21(18-5-2-1-3-6-18)7-4-14-32-24(27)19-10-12-25(13-11-19)33(28,29)20-8-9-22-23(17-20)31-16-15-30-22/h1-3,5-6,8-9,17,19H,4,7,10-16H2. The molecule has 0 amide bonds. The Hall–Kier alpha value is -2.91. The Morgan fingerprint density at radius 2 is 1.67 bits per heavy atom. The van der Waals surface area contributed by atoms with Gasteiger partial charge in [-0.2, -0.15) is 4.31 Å². The second-order valence-electron chi connectivity index (χ2n) is 8.04. The number of Topliss-reactive ketones (excluding diaryl/α,β-unsaturated/α-hetero) is 1. The Balaban J connectivity index is 1.23. The van der Waals surface area contributed by atoms with Crippen molar-refractivity contribution in [3.8, 4) is 11.5 Å². The van der Waals surface area contributed by atoms with E-state index in [1.807, 2.05) is 18.2 Å². The Morgan fingerprint density at radius 3 is 2.39 bits per heavy atom. The lowest BCUT2D eigenvalue weighted by atomic mass is 9.98. The number of carbonyl (C=O) groups is 2. The first-order chi connectivity index (χ1) is 15.9. The predicted molar refractivity (Wildman–Crippen MR) is 120 cm³/mol. The second kappa shape index (κ2) is 10.4. The third-order valence-electron chi connectivity index (χ3n) is 5.83. The smallest absolute Gasteiger partial charge is 0.309 e. The van der Waals surface area contributed by atoms with E-state index in [2.05, 4.69) is 0 Å². The molecule has 176 valence electrons. The molecule has 2 aromatic rings. The first-order valence-electron chi connectivity index (χ1n) is 11.1. The van der Waals surface area contributed by atoms with Crippen molar-refractivity contribution in [1.29, 1.82) is 0 Å². The van der Waals surface area contributed by atoms with Gasteiger partial charge >= 0.3 is 5.97 Å². The van der Waals surface area contributed by atoms with E-state index in [0.29, 0.717) is 56.0 Å². The summed E-state index contributed by atoms with van der Waals surface area (Å²) < 4.78 is 43.7. The Morgan fingerprint density at radius 1 is 0.970 bits per heavy atom. The molecule has 1 fully saturated rings. The second-order valence-corrected chi connectivity index (χ2v) is 9.98. The van der Waals surface area contributed by atoms with Crippen LogP contribution >= 0.6 is 0 Å². The maximum Gasteiger partial charge on any atom is 0.309 e. The SMILES string of the molecule is O=C(CCCOC(=O)C1CCN(S(=O)(=O)c2ccc3c(c2)OCCO3)CC1)c1ccccc1. The van der Waals surface area contributed by atoms with Crippen LogP contribution in [0.5, 0.6) is 11.5 Å². The van der Waals surface area contributed by atoms with Gasteiger partial charge in [-0.3, -0.25) is 9.59 Å². The van der Waals surface area contributed by atoms with E-state index in [-0.39, 0.29) is 42.3 Å². The van der Waals surface area contributed by atoms with Gasteiger partial charge in [0.2, 0.25) is 10.0 Å². The Bertz CT molecular complexity index is 1090. The number of carbonyl (C=O) groups excluding carboxylic acids is 2. The van der Waals surface area contributed by atoms with Crippen molar-refractivity contribution in [3.05, 3.63) is 54.1 Å². The number of sulfonamides is 1. The number of hydrogen-bond donors (Lipinski definition) is 0. The molecule has 9 heteroatoms. The molecule has 0 N–H and O–H groups in total. The van der Waals surface area contributed by atoms with Gasteiger partial charge in [-0.05, 0) is 31.4 Å². The van der Waals surface area contributed by atoms with Gasteiger partial charge in [0.05, 0.1) is 17.4 Å². The highest BCUT2D eigenvalue weighted by Gasteiger charge is 2.33. The highest BCUT2D eigenvalue weighted by molar-refractivity contribution is 7.89. The molecule has 4 rings (SSSR count). The molecule has 0 unspecified atom stereocenters. The van der Waals surface area contributed by atoms with Crippen LogP contribution in [0.4, 0.5) is 0 Å². The zero-order chi connectivity index (χ0) is 23.3. The summed E-state index contributed by atoms with van der Waals surface area (Å²) in [5.74, 6) is 0.294. The fourth-order valence-electron chi connectivity index (χ4n) is 3.96. The largest absolute Gasteiger partial charge is 0.486 e. The van der Waals surface area contributed by atoms with Crippen LogP contribution in [-0.4, -0.2) is 57.4 Å². The lowest BCUT2D eigenvalue weighted by Gasteiger charge is -2.30. The normalized spacial score (nSPS) is 16.8. The Labute approximate surface area is 193 Å². The molecule has 0 atom stereocenters. The van der Waals surface area contributed by atoms with Crippen molar-refractivity contribution in [2.24, 2.45) is 5.92 Å². The maximum absolute atomic E-state index is 13.0. The van der Waals surface area contributed by atoms with E-state index in [1.54, 1.807) is 18.2 Å². The fourth-order valence-corrected chi connectivity index (χ4v) is 5.44. The number of esters is 1. The predicted octanol–water partition coefficient (Wildman–Crippen LogP) is 3.06. The molecule has 8 nitrogen and oxygen atoms in total. The number of fused-ring (bicyclic) bond motifs is 1. The monoisotopic (exact) mass is 473 g/mol. The summed E-state index contributed by atoms with van der Waals surface area (Å²) in [5.41, 5.74) is 0.649. The summed E-state index contributed by atoms with van der Waals surface area (Å²) in [4.78, 5) is 24.6. The van der Waals surface area contributed by atoms with Crippen molar-refractivity contribution in [2.45, 2.75) is 30.6 Å². The lowest BCUT2D eigenvalue weighted by Crippen LogP contribution is -2.40. The quantitative estimate of drug-likeness (QED) is 0.330. The summed E-state index contributed by atoms with van der Waals surface area (Å²) in [5, 5.41) is 0. The Kier molecular flexibility index (Phi) is 7.29. The van der Waals surface area contributed by atoms with Crippen molar-refractivity contribution >= 4 is 21.8 Å². The van der Waals surface area contributed by atoms with Crippen molar-refractivity contribution < 1.29 is 32.2 Å². The number of ether oxygens (including phenoxy) is 3. The van der Waals surface area contributed by atoms with Crippen LogP contribution in [0.15, 0.2) is 53.4 Å². The first-order valence-corrected chi connectivity index (χ1v) is 12.5. The minimum Gasteiger partial charge on any atom is -0.486 e. The van der Waals surface area contributed by atoms with Crippen LogP contribution in [0.1, 0.15) is 36.0 Å². The zero-order valence-corrected chi connectivity index (χ0v) is 19.1. The summed E-state index contributed by atoms with van der Waals surface area (Å²) in [7, 11) is -3.69. The zero-order valence-electron chi connectivity index (χ0n) is 18.3. The van der Waals surface area contributed by atoms with Gasteiger partial charge in [0, 0.05) is 31.1 Å². The molecular weight excluding hydrogens is 446 g/mol. The van der Waals surface area contributed by atoms with E-state index in [9.17, 15) is 18.0 Å². The van der Waals surface area contributed by atoms with E-state index < -0.39 is 10.0 Å². The molecule has 2 heterocycles. The van der Waals surface area contributed by atoms with Gasteiger partial charge in [-0.25, -0.2) is 8.42 Å². The number of ketones is 1. The van der Waals surface area contributed by atoms with Gasteiger partial charge < -0.3 is 14.2 Å². The number of hydrogen-bond acceptors (Lipinski definition) is 7. The average Bonchev–Trinajstić information content (AvgIpc) is 2.86. The van der Waals surface area contributed by atoms with Gasteiger partial charge in [-0.15, -0.1) is 0 Å². The number of nitrogens with zero attached hydrogens (tertiary/aromatic N) is 1. The summed E-state index contributed by atoms with van der Waals surface area (Å²) in [6.45, 7) is 1.47. The molecule has 2 aliphatic rings. The highest BCUT2D eigenvalue weighted by Crippen LogP contribution is 2.34. The van der Waals surface area contributed by atoms with Crippen LogP contribution in [0.25, 0.3) is 0 Å². The number of benzene rings is 2. The molecule has 0 aromatic heterocycles. The molecule has 0 saturated carbocycles. The molecule has 2 aliphatic heterocycles. The first kappa shape index (κ1) is 23.3. The van der Waals surface area contributed by atoms with E-state index in [1.165, 1.54) is 16.4 Å². The summed E-state index contributed by atoms with van der Waals surface area (Å²) in [6.07, 6.45) is 1.55. The van der Waals surface area contributed by atoms with Crippen LogP contribution in [-0.2, 0) is 19.6 Å². The highest BCUT2D eigenvalue weighted by atomic mass is 32.2.